The van der Waals surface area contributed by atoms with Crippen molar-refractivity contribution in [3.8, 4) is 5.75 Å². The Labute approximate surface area is 120 Å². The summed E-state index contributed by atoms with van der Waals surface area (Å²) in [5, 5.41) is 9.57. The Hall–Kier alpha value is -0.130. The van der Waals surface area contributed by atoms with Gasteiger partial charge in [0.05, 0.1) is 13.2 Å². The molecule has 0 saturated heterocycles. The van der Waals surface area contributed by atoms with Crippen molar-refractivity contribution in [2.24, 2.45) is 11.6 Å². The average Bonchev–Trinajstić information content (AvgIpc) is 2.24. The summed E-state index contributed by atoms with van der Waals surface area (Å²) < 4.78 is 1.47. The molecule has 0 radical (unpaired) electrons. The molecule has 0 unspecified atom stereocenters. The number of hydrogen-bond acceptors (Lipinski definition) is 4. The highest BCUT2D eigenvalue weighted by molar-refractivity contribution is 14.1. The van der Waals surface area contributed by atoms with Gasteiger partial charge in [0, 0.05) is 0 Å². The van der Waals surface area contributed by atoms with Gasteiger partial charge >= 0.3 is 0 Å². The van der Waals surface area contributed by atoms with Crippen LogP contribution in [-0.4, -0.2) is 17.1 Å². The summed E-state index contributed by atoms with van der Waals surface area (Å²) in [6.07, 6.45) is 0.384. The molecule has 88 valence electrons. The first-order valence-corrected chi connectivity index (χ1v) is 6.54. The van der Waals surface area contributed by atoms with Crippen LogP contribution in [0, 0.1) is 7.14 Å². The van der Waals surface area contributed by atoms with Gasteiger partial charge in [0.25, 0.3) is 5.91 Å². The zero-order valence-electron chi connectivity index (χ0n) is 8.21. The van der Waals surface area contributed by atoms with Gasteiger partial charge in [-0.3, -0.25) is 10.2 Å². The number of carbonyl (C=O) groups excluding carboxylic acids is 1. The number of aromatic hydroxyl groups is 1. The number of hydrazine groups is 1. The lowest BCUT2D eigenvalue weighted by molar-refractivity contribution is -0.122. The van der Waals surface area contributed by atoms with Crippen LogP contribution in [0.4, 0.5) is 0 Å². The minimum atomic E-state index is -0.679. The lowest BCUT2D eigenvalue weighted by Gasteiger charge is -2.11. The zero-order chi connectivity index (χ0) is 12.3. The monoisotopic (exact) mass is 447 g/mol. The van der Waals surface area contributed by atoms with Crippen LogP contribution < -0.4 is 17.0 Å². The molecule has 6 N–H and O–H groups in total. The standard InChI is InChI=1S/C9H11I2N3O2/c10-5-1-4(2-6(11)8(5)15)3-7(12)9(16)14-13/h1-2,7,15H,3,12-13H2,(H,14,16)/t7-/m0/s1. The molecule has 0 aliphatic heterocycles. The molecule has 1 atom stereocenters. The largest absolute Gasteiger partial charge is 0.506 e. The van der Waals surface area contributed by atoms with E-state index in [0.29, 0.717) is 6.42 Å². The Morgan fingerprint density at radius 1 is 1.44 bits per heavy atom. The van der Waals surface area contributed by atoms with E-state index in [-0.39, 0.29) is 5.75 Å². The third-order valence-corrected chi connectivity index (χ3v) is 3.66. The number of carbonyl (C=O) groups is 1. The summed E-state index contributed by atoms with van der Waals surface area (Å²) in [5.41, 5.74) is 8.54. The van der Waals surface area contributed by atoms with Crippen molar-refractivity contribution >= 4 is 51.1 Å². The summed E-state index contributed by atoms with van der Waals surface area (Å²) in [6, 6.07) is 2.91. The highest BCUT2D eigenvalue weighted by Crippen LogP contribution is 2.27. The number of nitrogens with one attached hydrogen (secondary N) is 1. The van der Waals surface area contributed by atoms with Gasteiger partial charge in [-0.25, -0.2) is 5.84 Å². The maximum Gasteiger partial charge on any atom is 0.251 e. The van der Waals surface area contributed by atoms with Gasteiger partial charge in [-0.2, -0.15) is 0 Å². The molecule has 0 aliphatic rings. The SMILES string of the molecule is NNC(=O)[C@@H](N)Cc1cc(I)c(O)c(I)c1. The lowest BCUT2D eigenvalue weighted by atomic mass is 10.1. The van der Waals surface area contributed by atoms with Gasteiger partial charge in [-0.05, 0) is 69.3 Å². The third-order valence-electron chi connectivity index (χ3n) is 2.01. The second-order valence-corrected chi connectivity index (χ2v) is 5.55. The van der Waals surface area contributed by atoms with Gasteiger partial charge in [-0.15, -0.1) is 0 Å². The molecule has 16 heavy (non-hydrogen) atoms. The van der Waals surface area contributed by atoms with Crippen LogP contribution in [0.3, 0.4) is 0 Å². The molecule has 0 fully saturated rings. The van der Waals surface area contributed by atoms with Gasteiger partial charge < -0.3 is 10.8 Å². The first kappa shape index (κ1) is 13.9. The molecule has 1 aromatic rings. The average molecular weight is 447 g/mol. The van der Waals surface area contributed by atoms with Crippen molar-refractivity contribution in [1.29, 1.82) is 0 Å². The summed E-state index contributed by atoms with van der Waals surface area (Å²) in [5.74, 6) is 4.84. The predicted molar refractivity (Wildman–Crippen MR) is 77.6 cm³/mol. The number of halogens is 2. The van der Waals surface area contributed by atoms with E-state index in [9.17, 15) is 9.90 Å². The highest BCUT2D eigenvalue weighted by Gasteiger charge is 2.14. The number of nitrogens with two attached hydrogens (primary N) is 2. The number of amides is 1. The fourth-order valence-corrected chi connectivity index (χ4v) is 3.09. The molecule has 7 heteroatoms. The summed E-state index contributed by atoms with van der Waals surface area (Å²) in [4.78, 5) is 11.1. The number of phenols is 1. The van der Waals surface area contributed by atoms with Crippen molar-refractivity contribution < 1.29 is 9.90 Å². The van der Waals surface area contributed by atoms with E-state index in [2.05, 4.69) is 0 Å². The molecular weight excluding hydrogens is 436 g/mol. The van der Waals surface area contributed by atoms with Crippen LogP contribution in [0.5, 0.6) is 5.75 Å². The number of benzene rings is 1. The topological polar surface area (TPSA) is 101 Å². The highest BCUT2D eigenvalue weighted by atomic mass is 127. The molecule has 0 aliphatic carbocycles. The van der Waals surface area contributed by atoms with E-state index in [4.69, 9.17) is 11.6 Å². The van der Waals surface area contributed by atoms with E-state index in [1.165, 1.54) is 0 Å². The van der Waals surface area contributed by atoms with Crippen LogP contribution >= 0.6 is 45.2 Å². The van der Waals surface area contributed by atoms with Crippen LogP contribution in [0.15, 0.2) is 12.1 Å². The third kappa shape index (κ3) is 3.43. The Kier molecular flexibility index (Phi) is 5.21. The van der Waals surface area contributed by atoms with Crippen LogP contribution in [-0.2, 0) is 11.2 Å². The normalized spacial score (nSPS) is 12.2. The molecule has 0 heterocycles. The van der Waals surface area contributed by atoms with E-state index < -0.39 is 11.9 Å². The first-order valence-electron chi connectivity index (χ1n) is 4.38. The molecule has 0 bridgehead atoms. The minimum Gasteiger partial charge on any atom is -0.506 e. The summed E-state index contributed by atoms with van der Waals surface area (Å²) in [6.45, 7) is 0. The van der Waals surface area contributed by atoms with Gasteiger partial charge in [0.1, 0.15) is 5.75 Å². The van der Waals surface area contributed by atoms with Crippen LogP contribution in [0.1, 0.15) is 5.56 Å². The molecule has 5 nitrogen and oxygen atoms in total. The van der Waals surface area contributed by atoms with Crippen molar-refractivity contribution in [2.75, 3.05) is 0 Å². The zero-order valence-corrected chi connectivity index (χ0v) is 12.5. The first-order chi connectivity index (χ1) is 7.45. The van der Waals surface area contributed by atoms with Gasteiger partial charge in [-0.1, -0.05) is 0 Å². The maximum atomic E-state index is 11.1. The smallest absolute Gasteiger partial charge is 0.251 e. The number of hydrogen-bond donors (Lipinski definition) is 4. The second-order valence-electron chi connectivity index (χ2n) is 3.23. The number of rotatable bonds is 3. The predicted octanol–water partition coefficient (Wildman–Crippen LogP) is 0.461. The van der Waals surface area contributed by atoms with Crippen molar-refractivity contribution in [2.45, 2.75) is 12.5 Å². The van der Waals surface area contributed by atoms with E-state index in [1.807, 2.05) is 50.6 Å². The van der Waals surface area contributed by atoms with Crippen LogP contribution in [0.25, 0.3) is 0 Å². The number of phenolic OH excluding ortho intramolecular Hbond substituents is 1. The van der Waals surface area contributed by atoms with E-state index in [1.54, 1.807) is 12.1 Å². The van der Waals surface area contributed by atoms with Gasteiger partial charge in [0.15, 0.2) is 0 Å². The van der Waals surface area contributed by atoms with Crippen molar-refractivity contribution in [1.82, 2.24) is 5.43 Å². The Morgan fingerprint density at radius 2 is 1.94 bits per heavy atom. The molecule has 1 amide bonds. The minimum absolute atomic E-state index is 0.252. The van der Waals surface area contributed by atoms with Crippen LogP contribution in [0.2, 0.25) is 0 Å². The second kappa shape index (κ2) is 5.98. The van der Waals surface area contributed by atoms with E-state index in [0.717, 1.165) is 12.7 Å². The lowest BCUT2D eigenvalue weighted by Crippen LogP contribution is -2.45. The molecule has 0 aromatic heterocycles. The Bertz CT molecular complexity index is 389. The summed E-state index contributed by atoms with van der Waals surface area (Å²) in [7, 11) is 0. The molecule has 1 rings (SSSR count). The fraction of sp³-hybridized carbons (Fsp3) is 0.222. The molecule has 0 spiro atoms. The Morgan fingerprint density at radius 3 is 2.38 bits per heavy atom. The molecular formula is C9H11I2N3O2. The van der Waals surface area contributed by atoms with Crippen molar-refractivity contribution in [3.05, 3.63) is 24.8 Å². The Balaban J connectivity index is 2.86. The summed E-state index contributed by atoms with van der Waals surface area (Å²) >= 11 is 4.06. The maximum absolute atomic E-state index is 11.1. The quantitative estimate of drug-likeness (QED) is 0.234. The van der Waals surface area contributed by atoms with Gasteiger partial charge in [0.2, 0.25) is 0 Å². The molecule has 1 aromatic carbocycles. The van der Waals surface area contributed by atoms with Crippen molar-refractivity contribution in [3.63, 3.8) is 0 Å². The fourth-order valence-electron chi connectivity index (χ4n) is 1.19. The van der Waals surface area contributed by atoms with E-state index >= 15 is 0 Å². The molecule has 0 saturated carbocycles.